The number of hydrogen-bond acceptors (Lipinski definition) is 3. The van der Waals surface area contributed by atoms with Crippen LogP contribution in [0.25, 0.3) is 0 Å². The van der Waals surface area contributed by atoms with Crippen molar-refractivity contribution in [3.63, 3.8) is 0 Å². The molecule has 0 amide bonds. The summed E-state index contributed by atoms with van der Waals surface area (Å²) in [4.78, 5) is 10.0. The van der Waals surface area contributed by atoms with Gasteiger partial charge in [0, 0.05) is 28.9 Å². The maximum Gasteiger partial charge on any atom is 0.191 e. The van der Waals surface area contributed by atoms with Gasteiger partial charge < -0.3 is 10.6 Å². The minimum atomic E-state index is -0.0286. The SMILES string of the molecule is CN=C(NCc1sc(C)nc1C)NCC(C)(C)c1ccc(Cl)cc1. The van der Waals surface area contributed by atoms with Gasteiger partial charge in [-0.15, -0.1) is 11.3 Å². The van der Waals surface area contributed by atoms with Crippen LogP contribution in [0.4, 0.5) is 0 Å². The molecule has 0 saturated heterocycles. The summed E-state index contributed by atoms with van der Waals surface area (Å²) in [6, 6.07) is 8.01. The standard InChI is InChI=1S/C18H25ClN4S/c1-12-16(24-13(2)23-12)10-21-17(20-5)22-11-18(3,4)14-6-8-15(19)9-7-14/h6-9H,10-11H2,1-5H3,(H2,20,21,22). The van der Waals surface area contributed by atoms with Crippen molar-refractivity contribution in [2.75, 3.05) is 13.6 Å². The number of nitrogens with one attached hydrogen (secondary N) is 2. The molecular weight excluding hydrogens is 340 g/mol. The number of guanidine groups is 1. The van der Waals surface area contributed by atoms with E-state index in [2.05, 4.69) is 46.6 Å². The molecule has 1 heterocycles. The Morgan fingerprint density at radius 3 is 2.42 bits per heavy atom. The number of aliphatic imine (C=N–C) groups is 1. The van der Waals surface area contributed by atoms with E-state index in [-0.39, 0.29) is 5.41 Å². The molecule has 0 aliphatic heterocycles. The normalized spacial score (nSPS) is 12.3. The smallest absolute Gasteiger partial charge is 0.191 e. The fraction of sp³-hybridized carbons (Fsp3) is 0.444. The molecule has 2 aromatic rings. The minimum absolute atomic E-state index is 0.0286. The lowest BCUT2D eigenvalue weighted by atomic mass is 9.85. The Hall–Kier alpha value is -1.59. The van der Waals surface area contributed by atoms with Crippen LogP contribution in [0.15, 0.2) is 29.3 Å². The lowest BCUT2D eigenvalue weighted by Crippen LogP contribution is -2.43. The van der Waals surface area contributed by atoms with Crippen LogP contribution in [-0.2, 0) is 12.0 Å². The van der Waals surface area contributed by atoms with E-state index in [9.17, 15) is 0 Å². The number of rotatable bonds is 5. The molecule has 0 atom stereocenters. The molecule has 0 fully saturated rings. The van der Waals surface area contributed by atoms with Crippen molar-refractivity contribution in [1.82, 2.24) is 15.6 Å². The molecule has 0 spiro atoms. The Morgan fingerprint density at radius 1 is 1.21 bits per heavy atom. The summed E-state index contributed by atoms with van der Waals surface area (Å²) < 4.78 is 0. The highest BCUT2D eigenvalue weighted by molar-refractivity contribution is 7.11. The lowest BCUT2D eigenvalue weighted by molar-refractivity contribution is 0.508. The average Bonchev–Trinajstić information content (AvgIpc) is 2.85. The maximum absolute atomic E-state index is 5.98. The zero-order valence-electron chi connectivity index (χ0n) is 14.9. The molecule has 0 unspecified atom stereocenters. The molecule has 24 heavy (non-hydrogen) atoms. The van der Waals surface area contributed by atoms with Gasteiger partial charge in [0.1, 0.15) is 0 Å². The van der Waals surface area contributed by atoms with E-state index in [1.807, 2.05) is 26.0 Å². The first kappa shape index (κ1) is 18.7. The van der Waals surface area contributed by atoms with Gasteiger partial charge in [-0.1, -0.05) is 37.6 Å². The van der Waals surface area contributed by atoms with Gasteiger partial charge in [-0.25, -0.2) is 4.98 Å². The fourth-order valence-electron chi connectivity index (χ4n) is 2.43. The molecule has 0 saturated carbocycles. The number of aromatic nitrogens is 1. The van der Waals surface area contributed by atoms with Crippen LogP contribution in [-0.4, -0.2) is 24.5 Å². The average molecular weight is 365 g/mol. The van der Waals surface area contributed by atoms with Crippen molar-refractivity contribution < 1.29 is 0 Å². The minimum Gasteiger partial charge on any atom is -0.356 e. The van der Waals surface area contributed by atoms with E-state index in [0.29, 0.717) is 0 Å². The van der Waals surface area contributed by atoms with Crippen LogP contribution in [0, 0.1) is 13.8 Å². The Balaban J connectivity index is 1.93. The Bertz CT molecular complexity index is 704. The summed E-state index contributed by atoms with van der Waals surface area (Å²) in [6.07, 6.45) is 0. The second kappa shape index (κ2) is 7.99. The summed E-state index contributed by atoms with van der Waals surface area (Å²) in [5.41, 5.74) is 2.30. The number of benzene rings is 1. The highest BCUT2D eigenvalue weighted by Crippen LogP contribution is 2.23. The first-order valence-electron chi connectivity index (χ1n) is 7.95. The molecule has 1 aromatic carbocycles. The second-order valence-corrected chi connectivity index (χ2v) is 8.14. The molecule has 0 radical (unpaired) electrons. The van der Waals surface area contributed by atoms with Crippen molar-refractivity contribution in [2.24, 2.45) is 4.99 Å². The van der Waals surface area contributed by atoms with E-state index in [1.165, 1.54) is 10.4 Å². The van der Waals surface area contributed by atoms with Crippen molar-refractivity contribution in [3.05, 3.63) is 50.4 Å². The number of aryl methyl sites for hydroxylation is 2. The molecule has 6 heteroatoms. The van der Waals surface area contributed by atoms with Gasteiger partial charge in [-0.3, -0.25) is 4.99 Å². The third kappa shape index (κ3) is 4.95. The number of halogens is 1. The van der Waals surface area contributed by atoms with Crippen molar-refractivity contribution in [1.29, 1.82) is 0 Å². The van der Waals surface area contributed by atoms with E-state index >= 15 is 0 Å². The fourth-order valence-corrected chi connectivity index (χ4v) is 3.43. The van der Waals surface area contributed by atoms with Gasteiger partial charge in [0.25, 0.3) is 0 Å². The number of nitrogens with zero attached hydrogens (tertiary/aromatic N) is 2. The van der Waals surface area contributed by atoms with Crippen LogP contribution in [0.5, 0.6) is 0 Å². The summed E-state index contributed by atoms with van der Waals surface area (Å²) >= 11 is 7.70. The molecule has 0 bridgehead atoms. The second-order valence-electron chi connectivity index (χ2n) is 6.41. The van der Waals surface area contributed by atoms with E-state index < -0.39 is 0 Å². The van der Waals surface area contributed by atoms with Crippen LogP contribution in [0.2, 0.25) is 5.02 Å². The van der Waals surface area contributed by atoms with Gasteiger partial charge in [0.2, 0.25) is 0 Å². The highest BCUT2D eigenvalue weighted by Gasteiger charge is 2.21. The Labute approximate surface area is 153 Å². The van der Waals surface area contributed by atoms with Gasteiger partial charge in [0.05, 0.1) is 17.2 Å². The van der Waals surface area contributed by atoms with E-state index in [4.69, 9.17) is 11.6 Å². The molecule has 4 nitrogen and oxygen atoms in total. The van der Waals surface area contributed by atoms with Crippen LogP contribution in [0.3, 0.4) is 0 Å². The summed E-state index contributed by atoms with van der Waals surface area (Å²) in [5, 5.41) is 8.62. The topological polar surface area (TPSA) is 49.3 Å². The van der Waals surface area contributed by atoms with Gasteiger partial charge in [0.15, 0.2) is 5.96 Å². The molecule has 1 aromatic heterocycles. The van der Waals surface area contributed by atoms with Crippen molar-refractivity contribution in [3.8, 4) is 0 Å². The highest BCUT2D eigenvalue weighted by atomic mass is 35.5. The van der Waals surface area contributed by atoms with Crippen LogP contribution in [0.1, 0.15) is 35.0 Å². The van der Waals surface area contributed by atoms with Crippen LogP contribution >= 0.6 is 22.9 Å². The van der Waals surface area contributed by atoms with Gasteiger partial charge in [-0.05, 0) is 31.5 Å². The third-order valence-electron chi connectivity index (χ3n) is 3.96. The number of thiazole rings is 1. The van der Waals surface area contributed by atoms with Gasteiger partial charge >= 0.3 is 0 Å². The molecular formula is C18H25ClN4S. The summed E-state index contributed by atoms with van der Waals surface area (Å²) in [7, 11) is 1.79. The molecule has 130 valence electrons. The molecule has 2 rings (SSSR count). The Morgan fingerprint density at radius 2 is 1.88 bits per heavy atom. The largest absolute Gasteiger partial charge is 0.356 e. The van der Waals surface area contributed by atoms with E-state index in [0.717, 1.165) is 34.8 Å². The molecule has 0 aliphatic carbocycles. The van der Waals surface area contributed by atoms with E-state index in [1.54, 1.807) is 18.4 Å². The monoisotopic (exact) mass is 364 g/mol. The van der Waals surface area contributed by atoms with Crippen molar-refractivity contribution >= 4 is 28.9 Å². The molecule has 2 N–H and O–H groups in total. The van der Waals surface area contributed by atoms with Crippen LogP contribution < -0.4 is 10.6 Å². The predicted octanol–water partition coefficient (Wildman–Crippen LogP) is 4.06. The maximum atomic E-state index is 5.98. The lowest BCUT2D eigenvalue weighted by Gasteiger charge is -2.27. The Kier molecular flexibility index (Phi) is 6.24. The predicted molar refractivity (Wildman–Crippen MR) is 104 cm³/mol. The quantitative estimate of drug-likeness (QED) is 0.621. The zero-order valence-corrected chi connectivity index (χ0v) is 16.5. The summed E-state index contributed by atoms with van der Waals surface area (Å²) in [6.45, 7) is 9.98. The third-order valence-corrected chi connectivity index (χ3v) is 5.29. The zero-order chi connectivity index (χ0) is 17.7. The number of hydrogen-bond donors (Lipinski definition) is 2. The summed E-state index contributed by atoms with van der Waals surface area (Å²) in [5.74, 6) is 0.794. The van der Waals surface area contributed by atoms with Crippen molar-refractivity contribution in [2.45, 2.75) is 39.7 Å². The molecule has 0 aliphatic rings. The first-order valence-corrected chi connectivity index (χ1v) is 9.15. The first-order chi connectivity index (χ1) is 11.3. The van der Waals surface area contributed by atoms with Gasteiger partial charge in [-0.2, -0.15) is 0 Å².